The summed E-state index contributed by atoms with van der Waals surface area (Å²) in [4.78, 5) is 28.6. The average Bonchev–Trinajstić information content (AvgIpc) is 3.31. The summed E-state index contributed by atoms with van der Waals surface area (Å²) in [7, 11) is 0. The van der Waals surface area contributed by atoms with E-state index in [1.165, 1.54) is 0 Å². The van der Waals surface area contributed by atoms with Gasteiger partial charge in [0, 0.05) is 51.4 Å². The summed E-state index contributed by atoms with van der Waals surface area (Å²) in [5.41, 5.74) is 0.683. The van der Waals surface area contributed by atoms with E-state index < -0.39 is 5.54 Å². The molecule has 0 saturated carbocycles. The van der Waals surface area contributed by atoms with Gasteiger partial charge in [0.2, 0.25) is 5.91 Å². The van der Waals surface area contributed by atoms with Gasteiger partial charge in [0.25, 0.3) is 0 Å². The van der Waals surface area contributed by atoms with Gasteiger partial charge in [0.1, 0.15) is 12.1 Å². The Balaban J connectivity index is 1.42. The third kappa shape index (κ3) is 3.67. The molecule has 7 nitrogen and oxygen atoms in total. The Morgan fingerprint density at radius 3 is 2.81 bits per heavy atom. The minimum Gasteiger partial charge on any atom is -0.447 e. The van der Waals surface area contributed by atoms with Crippen molar-refractivity contribution in [1.29, 1.82) is 0 Å². The molecule has 0 spiro atoms. The van der Waals surface area contributed by atoms with E-state index in [4.69, 9.17) is 4.74 Å². The lowest BCUT2D eigenvalue weighted by molar-refractivity contribution is -0.135. The molecular weight excluding hydrogens is 344 g/mol. The molecule has 4 rings (SSSR count). The maximum absolute atomic E-state index is 12.7. The highest BCUT2D eigenvalue weighted by atomic mass is 16.6. The van der Waals surface area contributed by atoms with Crippen LogP contribution in [0.2, 0.25) is 0 Å². The van der Waals surface area contributed by atoms with Crippen molar-refractivity contribution in [3.05, 3.63) is 54.4 Å². The Hall–Kier alpha value is -2.83. The van der Waals surface area contributed by atoms with Crippen LogP contribution in [-0.4, -0.2) is 63.4 Å². The van der Waals surface area contributed by atoms with Crippen molar-refractivity contribution in [1.82, 2.24) is 19.6 Å². The van der Waals surface area contributed by atoms with Crippen LogP contribution >= 0.6 is 0 Å². The van der Waals surface area contributed by atoms with Crippen LogP contribution in [0.15, 0.2) is 48.8 Å². The molecule has 1 unspecified atom stereocenters. The first-order valence-corrected chi connectivity index (χ1v) is 9.40. The molecule has 2 aliphatic heterocycles. The molecule has 7 heteroatoms. The van der Waals surface area contributed by atoms with Gasteiger partial charge in [-0.25, -0.2) is 4.79 Å². The number of piperazine rings is 1. The van der Waals surface area contributed by atoms with Crippen molar-refractivity contribution in [2.75, 3.05) is 26.2 Å². The molecule has 1 aromatic heterocycles. The molecule has 0 radical (unpaired) electrons. The smallest absolute Gasteiger partial charge is 0.410 e. The van der Waals surface area contributed by atoms with Crippen molar-refractivity contribution in [3.8, 4) is 0 Å². The van der Waals surface area contributed by atoms with E-state index in [9.17, 15) is 9.59 Å². The van der Waals surface area contributed by atoms with Crippen LogP contribution in [0, 0.1) is 0 Å². The van der Waals surface area contributed by atoms with E-state index in [0.717, 1.165) is 18.5 Å². The molecule has 0 aliphatic carbocycles. The molecule has 27 heavy (non-hydrogen) atoms. The van der Waals surface area contributed by atoms with Crippen molar-refractivity contribution in [2.24, 2.45) is 0 Å². The summed E-state index contributed by atoms with van der Waals surface area (Å²) in [6, 6.07) is 12.0. The van der Waals surface area contributed by atoms with Crippen LogP contribution in [0.3, 0.4) is 0 Å². The number of hydrogen-bond acceptors (Lipinski definition) is 4. The van der Waals surface area contributed by atoms with Crippen LogP contribution in [0.4, 0.5) is 4.79 Å². The Kier molecular flexibility index (Phi) is 4.83. The summed E-state index contributed by atoms with van der Waals surface area (Å²) >= 11 is 0. The minimum absolute atomic E-state index is 0.133. The van der Waals surface area contributed by atoms with E-state index in [0.29, 0.717) is 39.1 Å². The zero-order chi connectivity index (χ0) is 18.7. The van der Waals surface area contributed by atoms with Crippen LogP contribution < -0.4 is 0 Å². The van der Waals surface area contributed by atoms with Crippen LogP contribution in [0.1, 0.15) is 18.4 Å². The first-order chi connectivity index (χ1) is 13.2. The SMILES string of the molecule is O=C(CCCn1cccn1)N1CCN2C(=O)OCC2(Cc2ccccc2)C1. The number of cyclic esters (lactones) is 1. The summed E-state index contributed by atoms with van der Waals surface area (Å²) in [6.45, 7) is 2.67. The molecular formula is C20H24N4O3. The number of carbonyl (C=O) groups excluding carboxylic acids is 2. The number of benzene rings is 1. The first kappa shape index (κ1) is 17.6. The number of ether oxygens (including phenoxy) is 1. The van der Waals surface area contributed by atoms with Gasteiger partial charge in [-0.2, -0.15) is 5.10 Å². The van der Waals surface area contributed by atoms with Crippen molar-refractivity contribution in [2.45, 2.75) is 31.3 Å². The zero-order valence-electron chi connectivity index (χ0n) is 15.3. The van der Waals surface area contributed by atoms with E-state index in [1.54, 1.807) is 6.20 Å². The van der Waals surface area contributed by atoms with Crippen LogP contribution in [0.25, 0.3) is 0 Å². The van der Waals surface area contributed by atoms with Gasteiger partial charge in [-0.15, -0.1) is 0 Å². The zero-order valence-corrected chi connectivity index (χ0v) is 15.3. The lowest BCUT2D eigenvalue weighted by atomic mass is 9.88. The fourth-order valence-electron chi connectivity index (χ4n) is 4.03. The van der Waals surface area contributed by atoms with E-state index in [1.807, 2.05) is 44.9 Å². The van der Waals surface area contributed by atoms with Crippen LogP contribution in [-0.2, 0) is 22.5 Å². The van der Waals surface area contributed by atoms with Crippen molar-refractivity contribution in [3.63, 3.8) is 0 Å². The third-order valence-electron chi connectivity index (χ3n) is 5.40. The molecule has 0 N–H and O–H groups in total. The molecule has 2 amide bonds. The largest absolute Gasteiger partial charge is 0.447 e. The van der Waals surface area contributed by atoms with Crippen molar-refractivity contribution >= 4 is 12.0 Å². The average molecular weight is 368 g/mol. The molecule has 2 aromatic rings. The molecule has 0 bridgehead atoms. The monoisotopic (exact) mass is 368 g/mol. The number of amides is 2. The van der Waals surface area contributed by atoms with E-state index in [-0.39, 0.29) is 12.0 Å². The molecule has 2 saturated heterocycles. The Morgan fingerprint density at radius 2 is 2.04 bits per heavy atom. The summed E-state index contributed by atoms with van der Waals surface area (Å²) < 4.78 is 7.21. The number of fused-ring (bicyclic) bond motifs is 1. The van der Waals surface area contributed by atoms with Gasteiger partial charge < -0.3 is 9.64 Å². The van der Waals surface area contributed by atoms with E-state index >= 15 is 0 Å². The molecule has 3 heterocycles. The van der Waals surface area contributed by atoms with Gasteiger partial charge in [0.15, 0.2) is 0 Å². The molecule has 1 atom stereocenters. The number of carbonyl (C=O) groups is 2. The highest BCUT2D eigenvalue weighted by Crippen LogP contribution is 2.32. The standard InChI is InChI=1S/C20H24N4O3/c25-18(8-4-10-23-11-5-9-21-23)22-12-13-24-19(26)27-16-20(24,15-22)14-17-6-2-1-3-7-17/h1-3,5-7,9,11H,4,8,10,12-16H2. The maximum atomic E-state index is 12.7. The second-order valence-corrected chi connectivity index (χ2v) is 7.28. The molecule has 2 fully saturated rings. The van der Waals surface area contributed by atoms with E-state index in [2.05, 4.69) is 17.2 Å². The highest BCUT2D eigenvalue weighted by molar-refractivity contribution is 5.78. The number of hydrogen-bond donors (Lipinski definition) is 0. The molecule has 142 valence electrons. The topological polar surface area (TPSA) is 67.7 Å². The minimum atomic E-state index is -0.464. The quantitative estimate of drug-likeness (QED) is 0.781. The van der Waals surface area contributed by atoms with Crippen LogP contribution in [0.5, 0.6) is 0 Å². The fourth-order valence-corrected chi connectivity index (χ4v) is 4.03. The second kappa shape index (κ2) is 7.42. The summed E-state index contributed by atoms with van der Waals surface area (Å²) in [5.74, 6) is 0.133. The Morgan fingerprint density at radius 1 is 1.19 bits per heavy atom. The van der Waals surface area contributed by atoms with Gasteiger partial charge in [-0.3, -0.25) is 14.4 Å². The number of nitrogens with zero attached hydrogens (tertiary/aromatic N) is 4. The number of aromatic nitrogens is 2. The van der Waals surface area contributed by atoms with Gasteiger partial charge in [0.05, 0.1) is 0 Å². The van der Waals surface area contributed by atoms with Gasteiger partial charge in [-0.1, -0.05) is 30.3 Å². The summed E-state index contributed by atoms with van der Waals surface area (Å²) in [5, 5.41) is 4.17. The lowest BCUT2D eigenvalue weighted by Gasteiger charge is -2.44. The number of aryl methyl sites for hydroxylation is 1. The lowest BCUT2D eigenvalue weighted by Crippen LogP contribution is -2.63. The highest BCUT2D eigenvalue weighted by Gasteiger charge is 2.51. The van der Waals surface area contributed by atoms with Crippen molar-refractivity contribution < 1.29 is 14.3 Å². The third-order valence-corrected chi connectivity index (χ3v) is 5.40. The van der Waals surface area contributed by atoms with Gasteiger partial charge >= 0.3 is 6.09 Å². The summed E-state index contributed by atoms with van der Waals surface area (Å²) in [6.07, 6.45) is 5.30. The first-order valence-electron chi connectivity index (χ1n) is 9.40. The predicted octanol–water partition coefficient (Wildman–Crippen LogP) is 1.94. The molecule has 1 aromatic carbocycles. The normalized spacial score (nSPS) is 21.9. The number of rotatable bonds is 6. The predicted molar refractivity (Wildman–Crippen MR) is 99.0 cm³/mol. The van der Waals surface area contributed by atoms with Gasteiger partial charge in [-0.05, 0) is 18.1 Å². The molecule has 2 aliphatic rings. The second-order valence-electron chi connectivity index (χ2n) is 7.28. The fraction of sp³-hybridized carbons (Fsp3) is 0.450. The maximum Gasteiger partial charge on any atom is 0.410 e. The Bertz CT molecular complexity index is 793. The Labute approximate surface area is 158 Å².